The Labute approximate surface area is 101 Å². The number of pyridine rings is 1. The van der Waals surface area contributed by atoms with Crippen LogP contribution in [0.4, 0.5) is 0 Å². The highest BCUT2D eigenvalue weighted by atomic mass is 15.3. The van der Waals surface area contributed by atoms with Crippen LogP contribution in [-0.4, -0.2) is 19.7 Å². The van der Waals surface area contributed by atoms with Gasteiger partial charge in [0.2, 0.25) is 0 Å². The van der Waals surface area contributed by atoms with E-state index in [2.05, 4.69) is 33.5 Å². The highest BCUT2D eigenvalue weighted by Crippen LogP contribution is 2.08. The molecular weight excluding hydrogens is 214 g/mol. The van der Waals surface area contributed by atoms with E-state index < -0.39 is 0 Å². The lowest BCUT2D eigenvalue weighted by Gasteiger charge is -2.12. The smallest absolute Gasteiger partial charge is 0.149 e. The van der Waals surface area contributed by atoms with Crippen LogP contribution in [0.2, 0.25) is 0 Å². The van der Waals surface area contributed by atoms with Crippen molar-refractivity contribution in [1.82, 2.24) is 25.1 Å². The zero-order valence-electron chi connectivity index (χ0n) is 10.4. The Morgan fingerprint density at radius 1 is 1.41 bits per heavy atom. The first-order valence-electron chi connectivity index (χ1n) is 5.65. The van der Waals surface area contributed by atoms with Crippen molar-refractivity contribution in [2.45, 2.75) is 26.4 Å². The van der Waals surface area contributed by atoms with Crippen molar-refractivity contribution in [3.8, 4) is 0 Å². The molecular formula is C12H17N5. The molecule has 0 spiro atoms. The highest BCUT2D eigenvalue weighted by Gasteiger charge is 2.10. The van der Waals surface area contributed by atoms with Gasteiger partial charge < -0.3 is 9.88 Å². The molecule has 0 saturated carbocycles. The predicted octanol–water partition coefficient (Wildman–Crippen LogP) is 1.37. The average molecular weight is 231 g/mol. The normalized spacial score (nSPS) is 12.6. The van der Waals surface area contributed by atoms with Crippen LogP contribution in [0.25, 0.3) is 0 Å². The van der Waals surface area contributed by atoms with E-state index in [9.17, 15) is 0 Å². The summed E-state index contributed by atoms with van der Waals surface area (Å²) < 4.78 is 1.92. The molecule has 0 radical (unpaired) electrons. The van der Waals surface area contributed by atoms with Gasteiger partial charge in [-0.25, -0.2) is 0 Å². The topological polar surface area (TPSA) is 55.6 Å². The second kappa shape index (κ2) is 5.05. The molecule has 0 amide bonds. The number of hydrogen-bond donors (Lipinski definition) is 1. The molecule has 0 aromatic carbocycles. The third kappa shape index (κ3) is 2.88. The van der Waals surface area contributed by atoms with Gasteiger partial charge in [0.05, 0.1) is 6.04 Å². The Bertz CT molecular complexity index is 474. The number of rotatable bonds is 4. The maximum atomic E-state index is 4.26. The van der Waals surface area contributed by atoms with E-state index in [0.717, 1.165) is 18.1 Å². The van der Waals surface area contributed by atoms with Gasteiger partial charge in [0, 0.05) is 25.5 Å². The Hall–Kier alpha value is -1.75. The molecule has 90 valence electrons. The van der Waals surface area contributed by atoms with Crippen LogP contribution in [0.3, 0.4) is 0 Å². The Kier molecular flexibility index (Phi) is 3.49. The lowest BCUT2D eigenvalue weighted by Crippen LogP contribution is -2.21. The molecule has 0 aliphatic rings. The Balaban J connectivity index is 1.94. The van der Waals surface area contributed by atoms with Crippen LogP contribution >= 0.6 is 0 Å². The van der Waals surface area contributed by atoms with E-state index in [1.54, 1.807) is 6.33 Å². The number of nitrogens with one attached hydrogen (secondary N) is 1. The Morgan fingerprint density at radius 3 is 2.82 bits per heavy atom. The first kappa shape index (κ1) is 11.7. The van der Waals surface area contributed by atoms with E-state index in [-0.39, 0.29) is 6.04 Å². The molecule has 0 aliphatic carbocycles. The maximum Gasteiger partial charge on any atom is 0.149 e. The van der Waals surface area contributed by atoms with E-state index in [1.807, 2.05) is 30.8 Å². The molecule has 2 heterocycles. The molecule has 17 heavy (non-hydrogen) atoms. The first-order valence-corrected chi connectivity index (χ1v) is 5.65. The molecule has 2 rings (SSSR count). The van der Waals surface area contributed by atoms with Gasteiger partial charge in [-0.15, -0.1) is 10.2 Å². The zero-order chi connectivity index (χ0) is 12.3. The number of hydrogen-bond acceptors (Lipinski definition) is 4. The van der Waals surface area contributed by atoms with E-state index in [4.69, 9.17) is 0 Å². The van der Waals surface area contributed by atoms with Gasteiger partial charge in [-0.3, -0.25) is 4.98 Å². The van der Waals surface area contributed by atoms with Crippen LogP contribution in [0.1, 0.15) is 30.0 Å². The highest BCUT2D eigenvalue weighted by molar-refractivity contribution is 5.13. The summed E-state index contributed by atoms with van der Waals surface area (Å²) >= 11 is 0. The summed E-state index contributed by atoms with van der Waals surface area (Å²) in [7, 11) is 1.95. The zero-order valence-corrected chi connectivity index (χ0v) is 10.4. The summed E-state index contributed by atoms with van der Waals surface area (Å²) in [6.07, 6.45) is 3.60. The standard InChI is InChI=1S/C12H17N5/c1-9-4-5-11(6-13-9)7-14-10(2)12-16-15-8-17(12)3/h4-6,8,10,14H,7H2,1-3H3. The molecule has 0 saturated heterocycles. The van der Waals surface area contributed by atoms with Crippen LogP contribution in [-0.2, 0) is 13.6 Å². The molecule has 0 fully saturated rings. The Morgan fingerprint density at radius 2 is 2.24 bits per heavy atom. The lowest BCUT2D eigenvalue weighted by atomic mass is 10.2. The summed E-state index contributed by atoms with van der Waals surface area (Å²) in [4.78, 5) is 4.26. The SMILES string of the molecule is Cc1ccc(CNC(C)c2nncn2C)cn1. The van der Waals surface area contributed by atoms with Gasteiger partial charge in [0.1, 0.15) is 12.2 Å². The van der Waals surface area contributed by atoms with E-state index in [1.165, 1.54) is 5.56 Å². The fourth-order valence-corrected chi connectivity index (χ4v) is 1.65. The van der Waals surface area contributed by atoms with Crippen molar-refractivity contribution in [1.29, 1.82) is 0 Å². The fourth-order valence-electron chi connectivity index (χ4n) is 1.65. The summed E-state index contributed by atoms with van der Waals surface area (Å²) in [5, 5.41) is 11.3. The van der Waals surface area contributed by atoms with Crippen molar-refractivity contribution in [2.24, 2.45) is 7.05 Å². The molecule has 1 N–H and O–H groups in total. The maximum absolute atomic E-state index is 4.26. The van der Waals surface area contributed by atoms with E-state index in [0.29, 0.717) is 0 Å². The molecule has 0 aliphatic heterocycles. The molecule has 1 atom stereocenters. The third-order valence-corrected chi connectivity index (χ3v) is 2.72. The predicted molar refractivity (Wildman–Crippen MR) is 65.2 cm³/mol. The molecule has 0 bridgehead atoms. The van der Waals surface area contributed by atoms with Crippen LogP contribution in [0.15, 0.2) is 24.7 Å². The van der Waals surface area contributed by atoms with Crippen LogP contribution < -0.4 is 5.32 Å². The molecule has 2 aromatic heterocycles. The minimum Gasteiger partial charge on any atom is -0.319 e. The first-order chi connectivity index (χ1) is 8.16. The van der Waals surface area contributed by atoms with Gasteiger partial charge in [-0.2, -0.15) is 0 Å². The van der Waals surface area contributed by atoms with Gasteiger partial charge in [0.25, 0.3) is 0 Å². The van der Waals surface area contributed by atoms with E-state index >= 15 is 0 Å². The van der Waals surface area contributed by atoms with Gasteiger partial charge in [-0.05, 0) is 25.5 Å². The number of aryl methyl sites for hydroxylation is 2. The van der Waals surface area contributed by atoms with Crippen LogP contribution in [0.5, 0.6) is 0 Å². The second-order valence-electron chi connectivity index (χ2n) is 4.21. The molecule has 1 unspecified atom stereocenters. The summed E-state index contributed by atoms with van der Waals surface area (Å²) in [5.74, 6) is 0.935. The van der Waals surface area contributed by atoms with Crippen LogP contribution in [0, 0.1) is 6.92 Å². The monoisotopic (exact) mass is 231 g/mol. The quantitative estimate of drug-likeness (QED) is 0.863. The number of nitrogens with zero attached hydrogens (tertiary/aromatic N) is 4. The molecule has 5 heteroatoms. The van der Waals surface area contributed by atoms with Crippen molar-refractivity contribution < 1.29 is 0 Å². The lowest BCUT2D eigenvalue weighted by molar-refractivity contribution is 0.528. The largest absolute Gasteiger partial charge is 0.319 e. The summed E-state index contributed by atoms with van der Waals surface area (Å²) in [5.41, 5.74) is 2.21. The van der Waals surface area contributed by atoms with Crippen molar-refractivity contribution in [2.75, 3.05) is 0 Å². The average Bonchev–Trinajstić information content (AvgIpc) is 2.74. The minimum atomic E-state index is 0.170. The molecule has 5 nitrogen and oxygen atoms in total. The summed E-state index contributed by atoms with van der Waals surface area (Å²) in [6, 6.07) is 4.27. The van der Waals surface area contributed by atoms with Gasteiger partial charge in [-0.1, -0.05) is 6.07 Å². The van der Waals surface area contributed by atoms with Gasteiger partial charge >= 0.3 is 0 Å². The van der Waals surface area contributed by atoms with Crippen molar-refractivity contribution >= 4 is 0 Å². The van der Waals surface area contributed by atoms with Crippen molar-refractivity contribution in [3.63, 3.8) is 0 Å². The summed E-state index contributed by atoms with van der Waals surface area (Å²) in [6.45, 7) is 4.84. The number of aromatic nitrogens is 4. The second-order valence-corrected chi connectivity index (χ2v) is 4.21. The van der Waals surface area contributed by atoms with Crippen molar-refractivity contribution in [3.05, 3.63) is 41.7 Å². The fraction of sp³-hybridized carbons (Fsp3) is 0.417. The minimum absolute atomic E-state index is 0.170. The van der Waals surface area contributed by atoms with Gasteiger partial charge in [0.15, 0.2) is 0 Å². The third-order valence-electron chi connectivity index (χ3n) is 2.72. The molecule has 2 aromatic rings.